The van der Waals surface area contributed by atoms with Crippen molar-refractivity contribution in [2.75, 3.05) is 0 Å². The van der Waals surface area contributed by atoms with Gasteiger partial charge in [0, 0.05) is 12.1 Å². The van der Waals surface area contributed by atoms with Gasteiger partial charge in [0.15, 0.2) is 0 Å². The fourth-order valence-electron chi connectivity index (χ4n) is 2.02. The Bertz CT molecular complexity index is 219. The van der Waals surface area contributed by atoms with Crippen molar-refractivity contribution < 1.29 is 4.79 Å². The van der Waals surface area contributed by atoms with Crippen LogP contribution in [-0.2, 0) is 4.79 Å². The Morgan fingerprint density at radius 1 is 1.29 bits per heavy atom. The summed E-state index contributed by atoms with van der Waals surface area (Å²) in [6.45, 7) is 4.22. The van der Waals surface area contributed by atoms with Crippen LogP contribution >= 0.6 is 0 Å². The molecule has 0 spiro atoms. The van der Waals surface area contributed by atoms with Crippen LogP contribution in [0.3, 0.4) is 0 Å². The zero-order valence-corrected chi connectivity index (χ0v) is 9.05. The van der Waals surface area contributed by atoms with Gasteiger partial charge in [0.1, 0.15) is 0 Å². The molecule has 3 nitrogen and oxygen atoms in total. The van der Waals surface area contributed by atoms with Crippen LogP contribution in [0.1, 0.15) is 39.5 Å². The monoisotopic (exact) mass is 196 g/mol. The van der Waals surface area contributed by atoms with Crippen LogP contribution in [0, 0.1) is 5.92 Å². The van der Waals surface area contributed by atoms with Gasteiger partial charge >= 0.3 is 0 Å². The average molecular weight is 196 g/mol. The second-order valence-electron chi connectivity index (χ2n) is 4.94. The Labute approximate surface area is 85.6 Å². The Morgan fingerprint density at radius 3 is 2.43 bits per heavy atom. The molecule has 0 aliphatic heterocycles. The number of rotatable bonds is 4. The van der Waals surface area contributed by atoms with Gasteiger partial charge in [0.05, 0.1) is 6.04 Å². The highest BCUT2D eigenvalue weighted by Crippen LogP contribution is 2.26. The standard InChI is InChI=1S/C11H20N2O/c1-7-5-10(6-7)12-8(2)11(14)13-9-3-4-9/h7-10,12H,3-6H2,1-2H3,(H,13,14). The molecule has 2 saturated carbocycles. The lowest BCUT2D eigenvalue weighted by atomic mass is 9.81. The predicted octanol–water partition coefficient (Wildman–Crippen LogP) is 1.04. The summed E-state index contributed by atoms with van der Waals surface area (Å²) in [5.41, 5.74) is 0. The van der Waals surface area contributed by atoms with Gasteiger partial charge in [-0.3, -0.25) is 4.79 Å². The summed E-state index contributed by atoms with van der Waals surface area (Å²) < 4.78 is 0. The Balaban J connectivity index is 1.66. The van der Waals surface area contributed by atoms with Gasteiger partial charge in [0.25, 0.3) is 0 Å². The second kappa shape index (κ2) is 3.89. The van der Waals surface area contributed by atoms with Gasteiger partial charge < -0.3 is 10.6 Å². The molecule has 0 aromatic rings. The first-order valence-corrected chi connectivity index (χ1v) is 5.71. The minimum absolute atomic E-state index is 0.0203. The number of amides is 1. The van der Waals surface area contributed by atoms with Gasteiger partial charge in [-0.2, -0.15) is 0 Å². The van der Waals surface area contributed by atoms with E-state index >= 15 is 0 Å². The highest BCUT2D eigenvalue weighted by Gasteiger charge is 2.30. The zero-order valence-electron chi connectivity index (χ0n) is 9.05. The molecule has 0 saturated heterocycles. The summed E-state index contributed by atoms with van der Waals surface area (Å²) in [7, 11) is 0. The molecule has 2 fully saturated rings. The molecule has 80 valence electrons. The molecule has 1 amide bonds. The number of carbonyl (C=O) groups excluding carboxylic acids is 1. The van der Waals surface area contributed by atoms with E-state index in [2.05, 4.69) is 17.6 Å². The van der Waals surface area contributed by atoms with E-state index in [1.165, 1.54) is 25.7 Å². The van der Waals surface area contributed by atoms with Crippen LogP contribution < -0.4 is 10.6 Å². The zero-order chi connectivity index (χ0) is 10.1. The van der Waals surface area contributed by atoms with Crippen LogP contribution in [0.25, 0.3) is 0 Å². The van der Waals surface area contributed by atoms with Crippen LogP contribution in [0.2, 0.25) is 0 Å². The van der Waals surface area contributed by atoms with Crippen LogP contribution in [0.15, 0.2) is 0 Å². The molecule has 0 radical (unpaired) electrons. The van der Waals surface area contributed by atoms with Crippen LogP contribution in [0.4, 0.5) is 0 Å². The van der Waals surface area contributed by atoms with E-state index in [1.807, 2.05) is 6.92 Å². The number of carbonyl (C=O) groups is 1. The van der Waals surface area contributed by atoms with Gasteiger partial charge in [-0.05, 0) is 38.5 Å². The molecule has 0 aromatic carbocycles. The largest absolute Gasteiger partial charge is 0.352 e. The van der Waals surface area contributed by atoms with Crippen molar-refractivity contribution in [3.63, 3.8) is 0 Å². The SMILES string of the molecule is CC1CC(NC(C)C(=O)NC2CC2)C1. The first kappa shape index (κ1) is 9.97. The molecule has 1 atom stereocenters. The number of hydrogen-bond acceptors (Lipinski definition) is 2. The fraction of sp³-hybridized carbons (Fsp3) is 0.909. The molecule has 2 rings (SSSR count). The fourth-order valence-corrected chi connectivity index (χ4v) is 2.02. The quantitative estimate of drug-likeness (QED) is 0.705. The lowest BCUT2D eigenvalue weighted by Crippen LogP contribution is -2.51. The van der Waals surface area contributed by atoms with Crippen molar-refractivity contribution in [1.29, 1.82) is 0 Å². The summed E-state index contributed by atoms with van der Waals surface area (Å²) in [4.78, 5) is 11.6. The summed E-state index contributed by atoms with van der Waals surface area (Å²) in [5, 5.41) is 6.38. The minimum Gasteiger partial charge on any atom is -0.352 e. The molecule has 2 aliphatic rings. The molecule has 2 N–H and O–H groups in total. The molecule has 1 unspecified atom stereocenters. The second-order valence-corrected chi connectivity index (χ2v) is 4.94. The third-order valence-corrected chi connectivity index (χ3v) is 3.18. The maximum absolute atomic E-state index is 11.6. The van der Waals surface area contributed by atoms with Crippen LogP contribution in [-0.4, -0.2) is 24.0 Å². The maximum atomic E-state index is 11.6. The third kappa shape index (κ3) is 2.47. The van der Waals surface area contributed by atoms with Crippen molar-refractivity contribution >= 4 is 5.91 Å². The van der Waals surface area contributed by atoms with E-state index in [1.54, 1.807) is 0 Å². The number of nitrogens with one attached hydrogen (secondary N) is 2. The van der Waals surface area contributed by atoms with E-state index < -0.39 is 0 Å². The topological polar surface area (TPSA) is 41.1 Å². The molecule has 0 bridgehead atoms. The normalized spacial score (nSPS) is 33.3. The average Bonchev–Trinajstić information content (AvgIpc) is 2.85. The number of hydrogen-bond donors (Lipinski definition) is 2. The van der Waals surface area contributed by atoms with Crippen LogP contribution in [0.5, 0.6) is 0 Å². The molecule has 0 heterocycles. The van der Waals surface area contributed by atoms with Gasteiger partial charge in [-0.1, -0.05) is 6.92 Å². The summed E-state index contributed by atoms with van der Waals surface area (Å²) in [6, 6.07) is 1.03. The van der Waals surface area contributed by atoms with E-state index in [0.29, 0.717) is 12.1 Å². The Kier molecular flexibility index (Phi) is 2.77. The smallest absolute Gasteiger partial charge is 0.237 e. The Hall–Kier alpha value is -0.570. The predicted molar refractivity (Wildman–Crippen MR) is 55.9 cm³/mol. The molecular formula is C11H20N2O. The van der Waals surface area contributed by atoms with Crippen molar-refractivity contribution in [2.45, 2.75) is 57.7 Å². The van der Waals surface area contributed by atoms with Crippen molar-refractivity contribution in [3.05, 3.63) is 0 Å². The maximum Gasteiger partial charge on any atom is 0.237 e. The van der Waals surface area contributed by atoms with E-state index in [0.717, 1.165) is 5.92 Å². The first-order valence-electron chi connectivity index (χ1n) is 5.71. The molecule has 0 aromatic heterocycles. The lowest BCUT2D eigenvalue weighted by Gasteiger charge is -2.35. The van der Waals surface area contributed by atoms with Gasteiger partial charge in [-0.25, -0.2) is 0 Å². The van der Waals surface area contributed by atoms with Crippen molar-refractivity contribution in [1.82, 2.24) is 10.6 Å². The lowest BCUT2D eigenvalue weighted by molar-refractivity contribution is -0.123. The Morgan fingerprint density at radius 2 is 1.93 bits per heavy atom. The van der Waals surface area contributed by atoms with E-state index in [4.69, 9.17) is 0 Å². The highest BCUT2D eigenvalue weighted by molar-refractivity contribution is 5.81. The molecule has 14 heavy (non-hydrogen) atoms. The highest BCUT2D eigenvalue weighted by atomic mass is 16.2. The molecule has 3 heteroatoms. The van der Waals surface area contributed by atoms with E-state index in [9.17, 15) is 4.79 Å². The third-order valence-electron chi connectivity index (χ3n) is 3.18. The summed E-state index contributed by atoms with van der Waals surface area (Å²) in [5.74, 6) is 1.01. The van der Waals surface area contributed by atoms with Gasteiger partial charge in [-0.15, -0.1) is 0 Å². The van der Waals surface area contributed by atoms with Gasteiger partial charge in [0.2, 0.25) is 5.91 Å². The first-order chi connectivity index (χ1) is 6.65. The van der Waals surface area contributed by atoms with Crippen molar-refractivity contribution in [2.24, 2.45) is 5.92 Å². The molecular weight excluding hydrogens is 176 g/mol. The van der Waals surface area contributed by atoms with Crippen molar-refractivity contribution in [3.8, 4) is 0 Å². The minimum atomic E-state index is -0.0203. The molecule has 2 aliphatic carbocycles. The summed E-state index contributed by atoms with van der Waals surface area (Å²) in [6.07, 6.45) is 4.78. The van der Waals surface area contributed by atoms with E-state index in [-0.39, 0.29) is 11.9 Å². The summed E-state index contributed by atoms with van der Waals surface area (Å²) >= 11 is 0.